The molecule has 0 aromatic carbocycles. The molecule has 0 amide bonds. The van der Waals surface area contributed by atoms with Crippen molar-refractivity contribution in [3.05, 3.63) is 22.0 Å². The molecule has 2 rings (SSSR count). The fourth-order valence-electron chi connectivity index (χ4n) is 3.25. The molecule has 2 aliphatic rings. The maximum absolute atomic E-state index is 9.70. The summed E-state index contributed by atoms with van der Waals surface area (Å²) in [6.45, 7) is 2.15. The second kappa shape index (κ2) is 6.91. The number of nitrogens with zero attached hydrogens (tertiary/aromatic N) is 2. The van der Waals surface area contributed by atoms with Crippen LogP contribution in [0, 0.1) is 28.1 Å². The van der Waals surface area contributed by atoms with Gasteiger partial charge in [-0.25, -0.2) is 0 Å². The number of thioether (sulfide) groups is 1. The molecule has 3 N–H and O–H groups in total. The standard InChI is InChI=1S/C16H22N4S/c1-2-3-9-21-15-13(11-18)16(7-5-4-6-8-16)12(10-17)14(19)20-15/h20H,2-9,19H2,1H3. The lowest BCUT2D eigenvalue weighted by Crippen LogP contribution is -2.39. The first-order chi connectivity index (χ1) is 10.2. The van der Waals surface area contributed by atoms with Gasteiger partial charge in [-0.3, -0.25) is 0 Å². The van der Waals surface area contributed by atoms with E-state index in [0.717, 1.165) is 54.9 Å². The highest BCUT2D eigenvalue weighted by atomic mass is 32.2. The first-order valence-corrected chi connectivity index (χ1v) is 8.63. The molecule has 0 aromatic rings. The smallest absolute Gasteiger partial charge is 0.116 e. The van der Waals surface area contributed by atoms with Crippen LogP contribution in [0.25, 0.3) is 0 Å². The van der Waals surface area contributed by atoms with E-state index in [1.165, 1.54) is 6.42 Å². The monoisotopic (exact) mass is 302 g/mol. The minimum Gasteiger partial charge on any atom is -0.384 e. The van der Waals surface area contributed by atoms with E-state index in [1.54, 1.807) is 11.8 Å². The van der Waals surface area contributed by atoms with Gasteiger partial charge in [-0.2, -0.15) is 10.5 Å². The van der Waals surface area contributed by atoms with Crippen LogP contribution in [0.4, 0.5) is 0 Å². The van der Waals surface area contributed by atoms with E-state index in [0.29, 0.717) is 11.4 Å². The molecule has 1 aliphatic carbocycles. The van der Waals surface area contributed by atoms with Gasteiger partial charge in [0.25, 0.3) is 0 Å². The zero-order chi connectivity index (χ0) is 15.3. The molecule has 21 heavy (non-hydrogen) atoms. The van der Waals surface area contributed by atoms with E-state index in [1.807, 2.05) is 0 Å². The molecule has 0 bridgehead atoms. The number of rotatable bonds is 4. The lowest BCUT2D eigenvalue weighted by atomic mass is 9.64. The Kier molecular flexibility index (Phi) is 5.20. The maximum atomic E-state index is 9.70. The Morgan fingerprint density at radius 3 is 2.43 bits per heavy atom. The summed E-state index contributed by atoms with van der Waals surface area (Å²) in [6, 6.07) is 4.65. The quantitative estimate of drug-likeness (QED) is 0.776. The Labute approximate surface area is 131 Å². The molecular weight excluding hydrogens is 280 g/mol. The fourth-order valence-corrected chi connectivity index (χ4v) is 4.46. The van der Waals surface area contributed by atoms with Gasteiger partial charge in [0.15, 0.2) is 0 Å². The summed E-state index contributed by atoms with van der Waals surface area (Å²) in [6.07, 6.45) is 7.23. The Hall–Kier alpha value is -1.59. The van der Waals surface area contributed by atoms with Crippen molar-refractivity contribution in [2.24, 2.45) is 11.1 Å². The van der Waals surface area contributed by atoms with Crippen molar-refractivity contribution in [3.8, 4) is 12.1 Å². The zero-order valence-electron chi connectivity index (χ0n) is 12.5. The van der Waals surface area contributed by atoms with Crippen LogP contribution in [-0.4, -0.2) is 5.75 Å². The van der Waals surface area contributed by atoms with Crippen molar-refractivity contribution < 1.29 is 0 Å². The largest absolute Gasteiger partial charge is 0.384 e. The molecular formula is C16H22N4S. The van der Waals surface area contributed by atoms with Gasteiger partial charge in [0.05, 0.1) is 28.3 Å². The van der Waals surface area contributed by atoms with E-state index in [2.05, 4.69) is 24.4 Å². The molecule has 0 unspecified atom stereocenters. The minimum atomic E-state index is -0.439. The molecule has 1 aliphatic heterocycles. The van der Waals surface area contributed by atoms with E-state index < -0.39 is 5.41 Å². The van der Waals surface area contributed by atoms with Crippen LogP contribution in [0.3, 0.4) is 0 Å². The molecule has 1 saturated carbocycles. The van der Waals surface area contributed by atoms with Gasteiger partial charge < -0.3 is 11.1 Å². The molecule has 0 radical (unpaired) electrons. The summed E-state index contributed by atoms with van der Waals surface area (Å²) in [7, 11) is 0. The van der Waals surface area contributed by atoms with Crippen molar-refractivity contribution in [2.45, 2.75) is 51.9 Å². The van der Waals surface area contributed by atoms with Crippen LogP contribution in [0.15, 0.2) is 22.0 Å². The summed E-state index contributed by atoms with van der Waals surface area (Å²) in [5, 5.41) is 23.2. The lowest BCUT2D eigenvalue weighted by molar-refractivity contribution is 0.294. The average molecular weight is 302 g/mol. The van der Waals surface area contributed by atoms with Crippen molar-refractivity contribution in [1.29, 1.82) is 10.5 Å². The van der Waals surface area contributed by atoms with Crippen LogP contribution < -0.4 is 11.1 Å². The van der Waals surface area contributed by atoms with Crippen molar-refractivity contribution in [2.75, 3.05) is 5.75 Å². The van der Waals surface area contributed by atoms with Crippen LogP contribution in [0.5, 0.6) is 0 Å². The topological polar surface area (TPSA) is 85.6 Å². The first-order valence-electron chi connectivity index (χ1n) is 7.64. The van der Waals surface area contributed by atoms with Gasteiger partial charge in [0, 0.05) is 5.41 Å². The normalized spacial score (nSPS) is 20.9. The third kappa shape index (κ3) is 2.89. The van der Waals surface area contributed by atoms with Crippen LogP contribution in [0.2, 0.25) is 0 Å². The predicted octanol–water partition coefficient (Wildman–Crippen LogP) is 3.50. The molecule has 1 spiro atoms. The van der Waals surface area contributed by atoms with Gasteiger partial charge in [-0.1, -0.05) is 32.6 Å². The first kappa shape index (κ1) is 15.8. The summed E-state index contributed by atoms with van der Waals surface area (Å²) >= 11 is 1.66. The second-order valence-electron chi connectivity index (χ2n) is 5.69. The van der Waals surface area contributed by atoms with Crippen LogP contribution in [0.1, 0.15) is 51.9 Å². The van der Waals surface area contributed by atoms with Crippen molar-refractivity contribution in [3.63, 3.8) is 0 Å². The van der Waals surface area contributed by atoms with Crippen LogP contribution >= 0.6 is 11.8 Å². The summed E-state index contributed by atoms with van der Waals surface area (Å²) in [4.78, 5) is 0. The number of hydrogen-bond donors (Lipinski definition) is 2. The van der Waals surface area contributed by atoms with E-state index in [4.69, 9.17) is 5.73 Å². The molecule has 0 atom stereocenters. The summed E-state index contributed by atoms with van der Waals surface area (Å²) in [5.74, 6) is 1.41. The molecule has 112 valence electrons. The van der Waals surface area contributed by atoms with Gasteiger partial charge in [0.1, 0.15) is 5.82 Å². The number of unbranched alkanes of at least 4 members (excludes halogenated alkanes) is 1. The molecule has 4 nitrogen and oxygen atoms in total. The molecule has 1 heterocycles. The third-order valence-corrected chi connectivity index (χ3v) is 5.46. The van der Waals surface area contributed by atoms with E-state index >= 15 is 0 Å². The predicted molar refractivity (Wildman–Crippen MR) is 85.5 cm³/mol. The van der Waals surface area contributed by atoms with E-state index in [9.17, 15) is 10.5 Å². The highest BCUT2D eigenvalue weighted by Crippen LogP contribution is 2.51. The molecule has 1 fully saturated rings. The number of nitrogens with two attached hydrogens (primary N) is 1. The highest BCUT2D eigenvalue weighted by molar-refractivity contribution is 8.03. The Morgan fingerprint density at radius 2 is 1.86 bits per heavy atom. The number of nitrogens with one attached hydrogen (secondary N) is 1. The fraction of sp³-hybridized carbons (Fsp3) is 0.625. The summed E-state index contributed by atoms with van der Waals surface area (Å²) < 4.78 is 0. The Bertz CT molecular complexity index is 542. The lowest BCUT2D eigenvalue weighted by Gasteiger charge is -2.40. The van der Waals surface area contributed by atoms with Gasteiger partial charge in [-0.05, 0) is 25.0 Å². The zero-order valence-corrected chi connectivity index (χ0v) is 13.4. The second-order valence-corrected chi connectivity index (χ2v) is 6.79. The Balaban J connectivity index is 2.41. The van der Waals surface area contributed by atoms with Gasteiger partial charge >= 0.3 is 0 Å². The van der Waals surface area contributed by atoms with Crippen molar-refractivity contribution in [1.82, 2.24) is 5.32 Å². The molecule has 0 aromatic heterocycles. The summed E-state index contributed by atoms with van der Waals surface area (Å²) in [5.41, 5.74) is 6.96. The molecule has 5 heteroatoms. The number of nitriles is 2. The van der Waals surface area contributed by atoms with Gasteiger partial charge in [0.2, 0.25) is 0 Å². The van der Waals surface area contributed by atoms with Crippen LogP contribution in [-0.2, 0) is 0 Å². The Morgan fingerprint density at radius 1 is 1.19 bits per heavy atom. The van der Waals surface area contributed by atoms with Crippen molar-refractivity contribution >= 4 is 11.8 Å². The van der Waals surface area contributed by atoms with Gasteiger partial charge in [-0.15, -0.1) is 11.8 Å². The third-order valence-electron chi connectivity index (χ3n) is 4.38. The SMILES string of the molecule is CCCCSC1=C(C#N)C2(CCCCC2)C(C#N)=C(N)N1. The number of hydrogen-bond acceptors (Lipinski definition) is 5. The minimum absolute atomic E-state index is 0.439. The number of allylic oxidation sites excluding steroid dienone is 2. The highest BCUT2D eigenvalue weighted by Gasteiger charge is 2.45. The molecule has 0 saturated heterocycles. The average Bonchev–Trinajstić information content (AvgIpc) is 2.49. The number of dihydropyridines is 1. The van der Waals surface area contributed by atoms with E-state index in [-0.39, 0.29) is 0 Å². The maximum Gasteiger partial charge on any atom is 0.116 e.